The minimum Gasteiger partial charge on any atom is -0.477 e. The number of furan rings is 1. The largest absolute Gasteiger partial charge is 0.477 e. The van der Waals surface area contributed by atoms with Crippen molar-refractivity contribution in [1.29, 1.82) is 5.26 Å². The maximum atomic E-state index is 10.9. The number of carboxylic acid groups (broad SMARTS) is 1. The van der Waals surface area contributed by atoms with E-state index in [0.29, 0.717) is 11.5 Å². The van der Waals surface area contributed by atoms with Crippen molar-refractivity contribution in [1.82, 2.24) is 0 Å². The molecule has 106 valence electrons. The highest BCUT2D eigenvalue weighted by molar-refractivity contribution is 5.97. The first-order valence-corrected chi connectivity index (χ1v) is 6.62. The van der Waals surface area contributed by atoms with Crippen molar-refractivity contribution in [2.75, 3.05) is 0 Å². The van der Waals surface area contributed by atoms with Crippen LogP contribution in [0.4, 0.5) is 0 Å². The van der Waals surface area contributed by atoms with Crippen molar-refractivity contribution in [3.05, 3.63) is 65.9 Å². The summed E-state index contributed by atoms with van der Waals surface area (Å²) in [6.45, 7) is 0. The lowest BCUT2D eigenvalue weighted by molar-refractivity contribution is -0.132. The molecule has 1 aromatic heterocycles. The van der Waals surface area contributed by atoms with Crippen LogP contribution in [0.1, 0.15) is 5.76 Å². The van der Waals surface area contributed by atoms with Crippen LogP contribution in [-0.4, -0.2) is 11.1 Å². The van der Waals surface area contributed by atoms with Crippen LogP contribution < -0.4 is 0 Å². The molecule has 0 fully saturated rings. The van der Waals surface area contributed by atoms with Crippen molar-refractivity contribution >= 4 is 22.8 Å². The molecule has 4 nitrogen and oxygen atoms in total. The van der Waals surface area contributed by atoms with E-state index >= 15 is 0 Å². The van der Waals surface area contributed by atoms with Crippen LogP contribution >= 0.6 is 0 Å². The molecule has 22 heavy (non-hydrogen) atoms. The van der Waals surface area contributed by atoms with Gasteiger partial charge in [0.25, 0.3) is 0 Å². The fourth-order valence-electron chi connectivity index (χ4n) is 2.30. The molecule has 3 rings (SSSR count). The van der Waals surface area contributed by atoms with E-state index in [4.69, 9.17) is 14.8 Å². The Morgan fingerprint density at radius 2 is 1.86 bits per heavy atom. The molecule has 0 radical (unpaired) electrons. The van der Waals surface area contributed by atoms with Gasteiger partial charge in [-0.25, -0.2) is 4.79 Å². The highest BCUT2D eigenvalue weighted by atomic mass is 16.4. The first-order chi connectivity index (χ1) is 10.7. The third kappa shape index (κ3) is 2.48. The maximum Gasteiger partial charge on any atom is 0.346 e. The minimum absolute atomic E-state index is 0.335. The second kappa shape index (κ2) is 5.58. The van der Waals surface area contributed by atoms with Gasteiger partial charge in [-0.1, -0.05) is 42.5 Å². The Hall–Kier alpha value is -3.32. The summed E-state index contributed by atoms with van der Waals surface area (Å²) < 4.78 is 5.67. The number of benzene rings is 2. The van der Waals surface area contributed by atoms with Gasteiger partial charge >= 0.3 is 5.97 Å². The van der Waals surface area contributed by atoms with E-state index in [-0.39, 0.29) is 5.57 Å². The lowest BCUT2D eigenvalue weighted by Gasteiger charge is -2.03. The second-order valence-electron chi connectivity index (χ2n) is 4.70. The lowest BCUT2D eigenvalue weighted by Crippen LogP contribution is -1.96. The van der Waals surface area contributed by atoms with E-state index in [1.165, 1.54) is 6.08 Å². The van der Waals surface area contributed by atoms with Crippen molar-refractivity contribution in [3.8, 4) is 17.4 Å². The molecule has 2 aromatic carbocycles. The molecule has 4 heteroatoms. The normalized spacial score (nSPS) is 11.3. The highest BCUT2D eigenvalue weighted by Crippen LogP contribution is 2.30. The zero-order chi connectivity index (χ0) is 15.5. The first-order valence-electron chi connectivity index (χ1n) is 6.62. The second-order valence-corrected chi connectivity index (χ2v) is 4.70. The number of aliphatic carboxylic acids is 1. The molecule has 1 heterocycles. The summed E-state index contributed by atoms with van der Waals surface area (Å²) in [4.78, 5) is 10.9. The van der Waals surface area contributed by atoms with Gasteiger partial charge in [-0.05, 0) is 22.9 Å². The molecule has 0 unspecified atom stereocenters. The van der Waals surface area contributed by atoms with Crippen molar-refractivity contribution in [2.45, 2.75) is 0 Å². The standard InChI is InChI=1S/C18H11NO3/c19-11-13(18(20)21)10-14-8-9-17(22-14)16-7-3-5-12-4-1-2-6-15(12)16/h1-10H,(H,20,21)/b13-10+. The Morgan fingerprint density at radius 1 is 1.09 bits per heavy atom. The van der Waals surface area contributed by atoms with Gasteiger partial charge in [0.05, 0.1) is 0 Å². The van der Waals surface area contributed by atoms with Crippen molar-refractivity contribution < 1.29 is 14.3 Å². The van der Waals surface area contributed by atoms with Gasteiger partial charge in [-0.2, -0.15) is 5.26 Å². The molecule has 1 N–H and O–H groups in total. The Morgan fingerprint density at radius 3 is 2.64 bits per heavy atom. The number of carbonyl (C=O) groups is 1. The van der Waals surface area contributed by atoms with Crippen LogP contribution in [0.25, 0.3) is 28.2 Å². The lowest BCUT2D eigenvalue weighted by atomic mass is 10.0. The van der Waals surface area contributed by atoms with E-state index in [9.17, 15) is 4.79 Å². The molecule has 0 atom stereocenters. The quantitative estimate of drug-likeness (QED) is 0.582. The zero-order valence-corrected chi connectivity index (χ0v) is 11.5. The summed E-state index contributed by atoms with van der Waals surface area (Å²) in [7, 11) is 0. The topological polar surface area (TPSA) is 74.2 Å². The molecule has 0 bridgehead atoms. The average molecular weight is 289 g/mol. The number of nitrogens with zero attached hydrogens (tertiary/aromatic N) is 1. The Bertz CT molecular complexity index is 923. The van der Waals surface area contributed by atoms with E-state index in [0.717, 1.165) is 16.3 Å². The Labute approximate surface area is 126 Å². The third-order valence-electron chi connectivity index (χ3n) is 3.32. The van der Waals surface area contributed by atoms with E-state index in [2.05, 4.69) is 0 Å². The fraction of sp³-hybridized carbons (Fsp3) is 0. The zero-order valence-electron chi connectivity index (χ0n) is 11.5. The third-order valence-corrected chi connectivity index (χ3v) is 3.32. The molecule has 0 amide bonds. The summed E-state index contributed by atoms with van der Waals surface area (Å²) in [5.41, 5.74) is 0.561. The molecule has 3 aromatic rings. The summed E-state index contributed by atoms with van der Waals surface area (Å²) in [6, 6.07) is 18.9. The SMILES string of the molecule is N#C/C(=C\c1ccc(-c2cccc3ccccc23)o1)C(=O)O. The van der Waals surface area contributed by atoms with Gasteiger partial charge in [-0.15, -0.1) is 0 Å². The van der Waals surface area contributed by atoms with Crippen LogP contribution in [0.15, 0.2) is 64.6 Å². The van der Waals surface area contributed by atoms with Gasteiger partial charge in [0, 0.05) is 11.6 Å². The number of carboxylic acids is 1. The molecule has 0 aliphatic carbocycles. The van der Waals surface area contributed by atoms with Crippen LogP contribution in [-0.2, 0) is 4.79 Å². The number of hydrogen-bond acceptors (Lipinski definition) is 3. The molecule has 0 aliphatic heterocycles. The predicted octanol–water partition coefficient (Wildman–Crippen LogP) is 4.09. The van der Waals surface area contributed by atoms with Crippen LogP contribution in [0.2, 0.25) is 0 Å². The molecular formula is C18H11NO3. The molecule has 0 spiro atoms. The van der Waals surface area contributed by atoms with Gasteiger partial charge in [0.2, 0.25) is 0 Å². The summed E-state index contributed by atoms with van der Waals surface area (Å²) in [5, 5.41) is 19.8. The monoisotopic (exact) mass is 289 g/mol. The van der Waals surface area contributed by atoms with Crippen LogP contribution in [0.3, 0.4) is 0 Å². The van der Waals surface area contributed by atoms with E-state index < -0.39 is 5.97 Å². The minimum atomic E-state index is -1.27. The molecule has 0 saturated heterocycles. The summed E-state index contributed by atoms with van der Waals surface area (Å²) in [5.74, 6) is -0.307. The average Bonchev–Trinajstić information content (AvgIpc) is 3.00. The van der Waals surface area contributed by atoms with Gasteiger partial charge in [0.15, 0.2) is 0 Å². The number of hydrogen-bond donors (Lipinski definition) is 1. The fourth-order valence-corrected chi connectivity index (χ4v) is 2.30. The highest BCUT2D eigenvalue weighted by Gasteiger charge is 2.10. The number of nitriles is 1. The first kappa shape index (κ1) is 13.7. The van der Waals surface area contributed by atoms with Crippen LogP contribution in [0, 0.1) is 11.3 Å². The smallest absolute Gasteiger partial charge is 0.346 e. The molecule has 0 saturated carbocycles. The van der Waals surface area contributed by atoms with E-state index in [1.807, 2.05) is 42.5 Å². The molecular weight excluding hydrogens is 278 g/mol. The summed E-state index contributed by atoms with van der Waals surface area (Å²) in [6.07, 6.45) is 1.22. The Balaban J connectivity index is 2.07. The molecule has 0 aliphatic rings. The van der Waals surface area contributed by atoms with Gasteiger partial charge in [0.1, 0.15) is 23.2 Å². The van der Waals surface area contributed by atoms with Gasteiger partial charge in [-0.3, -0.25) is 0 Å². The summed E-state index contributed by atoms with van der Waals surface area (Å²) >= 11 is 0. The predicted molar refractivity (Wildman–Crippen MR) is 82.9 cm³/mol. The number of rotatable bonds is 3. The van der Waals surface area contributed by atoms with Crippen LogP contribution in [0.5, 0.6) is 0 Å². The number of fused-ring (bicyclic) bond motifs is 1. The van der Waals surface area contributed by atoms with Gasteiger partial charge < -0.3 is 9.52 Å². The van der Waals surface area contributed by atoms with E-state index in [1.54, 1.807) is 18.2 Å². The maximum absolute atomic E-state index is 10.9. The van der Waals surface area contributed by atoms with Crippen molar-refractivity contribution in [2.24, 2.45) is 0 Å². The van der Waals surface area contributed by atoms with Crippen molar-refractivity contribution in [3.63, 3.8) is 0 Å². The Kier molecular flexibility index (Phi) is 3.47.